The van der Waals surface area contributed by atoms with Gasteiger partial charge in [0.05, 0.1) is 31.1 Å². The molecule has 9 nitrogen and oxygen atoms in total. The smallest absolute Gasteiger partial charge is 0.310 e. The minimum atomic E-state index is -0.389. The van der Waals surface area contributed by atoms with Crippen LogP contribution in [0.1, 0.15) is 48.9 Å². The third-order valence-corrected chi connectivity index (χ3v) is 8.53. The summed E-state index contributed by atoms with van der Waals surface area (Å²) in [6.07, 6.45) is 3.17. The van der Waals surface area contributed by atoms with Gasteiger partial charge >= 0.3 is 5.97 Å². The Hall–Kier alpha value is -3.62. The lowest BCUT2D eigenvalue weighted by molar-refractivity contribution is -0.148. The molecule has 0 bridgehead atoms. The molecule has 0 radical (unpaired) electrons. The van der Waals surface area contributed by atoms with Crippen molar-refractivity contribution in [2.75, 3.05) is 31.7 Å². The first-order chi connectivity index (χ1) is 19.2. The zero-order chi connectivity index (χ0) is 29.0. The predicted octanol–water partition coefficient (Wildman–Crippen LogP) is 4.24. The van der Waals surface area contributed by atoms with E-state index in [1.807, 2.05) is 36.1 Å². The highest BCUT2D eigenvalue weighted by Gasteiger charge is 2.35. The number of nitrogens with zero attached hydrogens (tertiary/aromatic N) is 4. The number of ether oxygens (including phenoxy) is 2. The van der Waals surface area contributed by atoms with E-state index in [1.165, 1.54) is 11.8 Å². The van der Waals surface area contributed by atoms with Gasteiger partial charge in [0.2, 0.25) is 0 Å². The summed E-state index contributed by atoms with van der Waals surface area (Å²) in [6.45, 7) is 7.27. The molecular formula is C29H32N4O5S2. The number of carbonyl (C=O) groups excluding carboxylic acids is 2. The number of aromatic nitrogens is 1. The van der Waals surface area contributed by atoms with Crippen LogP contribution in [0.2, 0.25) is 0 Å². The quantitative estimate of drug-likeness (QED) is 0.258. The van der Waals surface area contributed by atoms with Crippen LogP contribution in [-0.4, -0.2) is 52.5 Å². The second-order valence-corrected chi connectivity index (χ2v) is 11.2. The summed E-state index contributed by atoms with van der Waals surface area (Å²) in [7, 11) is 1.60. The summed E-state index contributed by atoms with van der Waals surface area (Å²) in [4.78, 5) is 43.4. The second-order valence-electron chi connectivity index (χ2n) is 9.55. The number of hydrogen-bond acceptors (Lipinski definition) is 9. The zero-order valence-corrected chi connectivity index (χ0v) is 24.7. The van der Waals surface area contributed by atoms with E-state index in [-0.39, 0.29) is 28.9 Å². The molecule has 0 N–H and O–H groups in total. The topological polar surface area (TPSA) is 105 Å². The maximum Gasteiger partial charge on any atom is 0.310 e. The van der Waals surface area contributed by atoms with Crippen molar-refractivity contribution in [3.05, 3.63) is 61.8 Å². The third kappa shape index (κ3) is 5.78. The molecule has 0 saturated carbocycles. The Kier molecular flexibility index (Phi) is 9.32. The number of piperidine rings is 1. The first kappa shape index (κ1) is 29.4. The first-order valence-electron chi connectivity index (χ1n) is 13.2. The SMILES string of the molecule is CCOC(=O)C1CCCN(c2c(/C=C3/SC(=S)N(Cc4ccc(OC)cc4)C3=O)c(C)c(C#N)c(=O)n2CC)C1. The van der Waals surface area contributed by atoms with Gasteiger partial charge in [0.15, 0.2) is 0 Å². The lowest BCUT2D eigenvalue weighted by Crippen LogP contribution is -2.43. The number of esters is 1. The number of anilines is 1. The molecule has 11 heteroatoms. The van der Waals surface area contributed by atoms with Gasteiger partial charge in [-0.3, -0.25) is 23.9 Å². The fourth-order valence-corrected chi connectivity index (χ4v) is 6.32. The van der Waals surface area contributed by atoms with Gasteiger partial charge in [-0.05, 0) is 62.9 Å². The van der Waals surface area contributed by atoms with Gasteiger partial charge in [-0.1, -0.05) is 36.1 Å². The zero-order valence-electron chi connectivity index (χ0n) is 23.1. The van der Waals surface area contributed by atoms with Crippen molar-refractivity contribution in [1.29, 1.82) is 5.26 Å². The van der Waals surface area contributed by atoms with Crippen LogP contribution in [0.4, 0.5) is 5.82 Å². The number of amides is 1. The van der Waals surface area contributed by atoms with Crippen molar-refractivity contribution in [1.82, 2.24) is 9.47 Å². The van der Waals surface area contributed by atoms with Gasteiger partial charge in [0.25, 0.3) is 11.5 Å². The van der Waals surface area contributed by atoms with E-state index >= 15 is 0 Å². The fourth-order valence-electron chi connectivity index (χ4n) is 5.08. The molecule has 0 spiro atoms. The van der Waals surface area contributed by atoms with E-state index in [2.05, 4.69) is 6.07 Å². The molecule has 3 heterocycles. The molecule has 2 aromatic rings. The molecular weight excluding hydrogens is 548 g/mol. The van der Waals surface area contributed by atoms with Crippen molar-refractivity contribution in [3.63, 3.8) is 0 Å². The third-order valence-electron chi connectivity index (χ3n) is 7.15. The molecule has 1 amide bonds. The van der Waals surface area contributed by atoms with Gasteiger partial charge in [-0.25, -0.2) is 0 Å². The fraction of sp³-hybridized carbons (Fsp3) is 0.414. The lowest BCUT2D eigenvalue weighted by atomic mass is 9.96. The van der Waals surface area contributed by atoms with E-state index in [1.54, 1.807) is 36.5 Å². The van der Waals surface area contributed by atoms with Crippen LogP contribution in [0.25, 0.3) is 6.08 Å². The van der Waals surface area contributed by atoms with E-state index in [0.717, 1.165) is 17.7 Å². The molecule has 210 valence electrons. The number of nitriles is 1. The van der Waals surface area contributed by atoms with E-state index in [9.17, 15) is 19.6 Å². The number of rotatable bonds is 8. The molecule has 1 unspecified atom stereocenters. The number of methoxy groups -OCH3 is 1. The second kappa shape index (κ2) is 12.7. The van der Waals surface area contributed by atoms with Crippen molar-refractivity contribution >= 4 is 52.1 Å². The van der Waals surface area contributed by atoms with E-state index in [4.69, 9.17) is 21.7 Å². The van der Waals surface area contributed by atoms with Crippen molar-refractivity contribution in [2.45, 2.75) is 46.7 Å². The average molecular weight is 581 g/mol. The predicted molar refractivity (Wildman–Crippen MR) is 159 cm³/mol. The molecule has 2 aliphatic heterocycles. The number of hydrogen-bond donors (Lipinski definition) is 0. The number of carbonyl (C=O) groups is 2. The summed E-state index contributed by atoms with van der Waals surface area (Å²) in [5.41, 5.74) is 1.64. The Bertz CT molecular complexity index is 1460. The van der Waals surface area contributed by atoms with Crippen LogP contribution in [0.5, 0.6) is 5.75 Å². The van der Waals surface area contributed by atoms with E-state index in [0.29, 0.717) is 65.4 Å². The summed E-state index contributed by atoms with van der Waals surface area (Å²) in [6, 6.07) is 9.49. The Morgan fingerprint density at radius 3 is 2.60 bits per heavy atom. The van der Waals surface area contributed by atoms with Gasteiger partial charge in [0, 0.05) is 25.2 Å². The van der Waals surface area contributed by atoms with Crippen molar-refractivity contribution in [3.8, 4) is 11.8 Å². The summed E-state index contributed by atoms with van der Waals surface area (Å²) >= 11 is 6.76. The molecule has 2 fully saturated rings. The minimum absolute atomic E-state index is 0.0320. The van der Waals surface area contributed by atoms with Crippen LogP contribution in [0.15, 0.2) is 34.0 Å². The van der Waals surface area contributed by atoms with Crippen LogP contribution in [-0.2, 0) is 27.4 Å². The Morgan fingerprint density at radius 2 is 1.98 bits per heavy atom. The number of pyridine rings is 1. The van der Waals surface area contributed by atoms with Crippen LogP contribution < -0.4 is 15.2 Å². The minimum Gasteiger partial charge on any atom is -0.497 e. The molecule has 4 rings (SSSR count). The maximum absolute atomic E-state index is 13.6. The Labute approximate surface area is 243 Å². The van der Waals surface area contributed by atoms with Crippen LogP contribution >= 0.6 is 24.0 Å². The van der Waals surface area contributed by atoms with Crippen molar-refractivity contribution < 1.29 is 19.1 Å². The molecule has 1 aromatic heterocycles. The van der Waals surface area contributed by atoms with Crippen LogP contribution in [0.3, 0.4) is 0 Å². The molecule has 2 aliphatic rings. The number of thiocarbonyl (C=S) groups is 1. The van der Waals surface area contributed by atoms with Gasteiger partial charge in [-0.15, -0.1) is 0 Å². The van der Waals surface area contributed by atoms with Gasteiger partial charge < -0.3 is 14.4 Å². The molecule has 2 saturated heterocycles. The largest absolute Gasteiger partial charge is 0.497 e. The van der Waals surface area contributed by atoms with Crippen LogP contribution in [0, 0.1) is 24.2 Å². The van der Waals surface area contributed by atoms with Gasteiger partial charge in [-0.2, -0.15) is 5.26 Å². The summed E-state index contributed by atoms with van der Waals surface area (Å²) < 4.78 is 12.5. The lowest BCUT2D eigenvalue weighted by Gasteiger charge is -2.36. The van der Waals surface area contributed by atoms with Gasteiger partial charge in [0.1, 0.15) is 27.5 Å². The first-order valence-corrected chi connectivity index (χ1v) is 14.4. The monoisotopic (exact) mass is 580 g/mol. The highest BCUT2D eigenvalue weighted by atomic mass is 32.2. The van der Waals surface area contributed by atoms with E-state index < -0.39 is 0 Å². The molecule has 1 atom stereocenters. The summed E-state index contributed by atoms with van der Waals surface area (Å²) in [5.74, 6) is 0.481. The highest BCUT2D eigenvalue weighted by molar-refractivity contribution is 8.26. The number of thioether (sulfide) groups is 1. The molecule has 40 heavy (non-hydrogen) atoms. The normalized spacial score (nSPS) is 18.3. The Morgan fingerprint density at radius 1 is 1.25 bits per heavy atom. The standard InChI is InChI=1S/C29H32N4O5S2/c1-5-32-25(31-13-7-8-20(17-31)28(36)38-6-2)22(18(3)23(15-30)26(32)34)14-24-27(35)33(29(39)40-24)16-19-9-11-21(37-4)12-10-19/h9-12,14,20H,5-8,13,16-17H2,1-4H3/b24-14+. The maximum atomic E-state index is 13.6. The molecule has 1 aromatic carbocycles. The molecule has 0 aliphatic carbocycles. The highest BCUT2D eigenvalue weighted by Crippen LogP contribution is 2.37. The average Bonchev–Trinajstić information content (AvgIpc) is 3.22. The Balaban J connectivity index is 1.76. The summed E-state index contributed by atoms with van der Waals surface area (Å²) in [5, 5.41) is 9.85. The van der Waals surface area contributed by atoms with Crippen molar-refractivity contribution in [2.24, 2.45) is 5.92 Å². The number of benzene rings is 1.